The molecule has 4 N–H and O–H groups in total. The Balaban J connectivity index is 1.41. The van der Waals surface area contributed by atoms with Crippen LogP contribution < -0.4 is 5.73 Å². The van der Waals surface area contributed by atoms with E-state index in [1.54, 1.807) is 0 Å². The van der Waals surface area contributed by atoms with Gasteiger partial charge in [0, 0.05) is 55.4 Å². The van der Waals surface area contributed by atoms with E-state index in [1.165, 1.54) is 16.7 Å². The van der Waals surface area contributed by atoms with Crippen LogP contribution in [0.2, 0.25) is 0 Å². The van der Waals surface area contributed by atoms with Gasteiger partial charge in [-0.25, -0.2) is 9.97 Å². The molecule has 2 aliphatic heterocycles. The zero-order valence-electron chi connectivity index (χ0n) is 36.6. The first-order valence-corrected chi connectivity index (χ1v) is 21.7. The number of nitrogens with zero attached hydrogens (tertiary/aromatic N) is 2. The third kappa shape index (κ3) is 7.61. The smallest absolute Gasteiger partial charge is 0.0738 e. The molecule has 8 bridgehead atoms. The third-order valence-electron chi connectivity index (χ3n) is 12.7. The topological polar surface area (TPSA) is 83.4 Å². The Morgan fingerprint density at radius 3 is 1.21 bits per heavy atom. The quantitative estimate of drug-likeness (QED) is 0.0898. The Kier molecular flexibility index (Phi) is 10.9. The van der Waals surface area contributed by atoms with Crippen LogP contribution in [0.25, 0.3) is 90.9 Å². The van der Waals surface area contributed by atoms with Gasteiger partial charge in [-0.2, -0.15) is 0 Å². The van der Waals surface area contributed by atoms with Gasteiger partial charge >= 0.3 is 0 Å². The van der Waals surface area contributed by atoms with Crippen molar-refractivity contribution in [2.45, 2.75) is 52.4 Å². The molecule has 0 amide bonds. The van der Waals surface area contributed by atoms with Crippen molar-refractivity contribution in [3.8, 4) is 44.5 Å². The molecule has 2 aliphatic rings. The molecule has 0 spiro atoms. The van der Waals surface area contributed by atoms with Crippen LogP contribution in [-0.2, 0) is 5.41 Å². The Morgan fingerprint density at radius 2 is 0.810 bits per heavy atom. The van der Waals surface area contributed by atoms with Crippen LogP contribution in [0.5, 0.6) is 0 Å². The number of hydrogen-bond acceptors (Lipinski definition) is 3. The molecular formula is C58H53N5. The number of hydrogen-bond donors (Lipinski definition) is 3. The molecule has 0 atom stereocenters. The lowest BCUT2D eigenvalue weighted by molar-refractivity contribution is 0.442. The van der Waals surface area contributed by atoms with Gasteiger partial charge in [-0.15, -0.1) is 19.7 Å². The van der Waals surface area contributed by atoms with Crippen molar-refractivity contribution < 1.29 is 0 Å². The molecule has 310 valence electrons. The van der Waals surface area contributed by atoms with Crippen LogP contribution in [0.1, 0.15) is 69.9 Å². The second-order valence-electron chi connectivity index (χ2n) is 17.1. The van der Waals surface area contributed by atoms with Gasteiger partial charge < -0.3 is 15.7 Å². The van der Waals surface area contributed by atoms with Crippen molar-refractivity contribution in [2.24, 2.45) is 0 Å². The fraction of sp³-hybridized carbons (Fsp3) is 0.138. The summed E-state index contributed by atoms with van der Waals surface area (Å²) >= 11 is 0. The Morgan fingerprint density at radius 1 is 0.460 bits per heavy atom. The molecule has 5 heteroatoms. The van der Waals surface area contributed by atoms with Crippen molar-refractivity contribution in [1.82, 2.24) is 19.9 Å². The maximum atomic E-state index is 6.54. The van der Waals surface area contributed by atoms with Crippen molar-refractivity contribution in [2.75, 3.05) is 5.73 Å². The number of rotatable bonds is 11. The summed E-state index contributed by atoms with van der Waals surface area (Å²) < 4.78 is 0. The minimum absolute atomic E-state index is 0.172. The van der Waals surface area contributed by atoms with Crippen LogP contribution >= 0.6 is 0 Å². The molecule has 5 nitrogen and oxygen atoms in total. The second-order valence-corrected chi connectivity index (χ2v) is 17.1. The highest BCUT2D eigenvalue weighted by Gasteiger charge is 2.29. The molecule has 0 fully saturated rings. The van der Waals surface area contributed by atoms with Crippen LogP contribution in [0, 0.1) is 27.7 Å². The van der Waals surface area contributed by atoms with E-state index in [4.69, 9.17) is 15.7 Å². The predicted octanol–water partition coefficient (Wildman–Crippen LogP) is 15.1. The minimum Gasteiger partial charge on any atom is -0.398 e. The van der Waals surface area contributed by atoms with Crippen molar-refractivity contribution in [3.05, 3.63) is 198 Å². The average molecular weight is 820 g/mol. The molecule has 5 heterocycles. The average Bonchev–Trinajstić information content (AvgIpc) is 4.13. The maximum Gasteiger partial charge on any atom is 0.0738 e. The van der Waals surface area contributed by atoms with Crippen molar-refractivity contribution in [1.29, 1.82) is 0 Å². The highest BCUT2D eigenvalue weighted by molar-refractivity contribution is 6.00. The molecule has 0 aliphatic carbocycles. The van der Waals surface area contributed by atoms with Gasteiger partial charge in [0.15, 0.2) is 0 Å². The first-order chi connectivity index (χ1) is 30.6. The minimum atomic E-state index is -0.172. The standard InChI is InChI=1S/C58H53N5/c1-8-31-58(32-9-2,33-10-3)44-21-19-42(20-22-44)55-49-25-23-45(60-49)53(40-15-11-36(4)12-16-40)47-27-29-51(62-47)56(43-34-38(6)57(59)39(7)35-43)52-30-28-48(63-52)54(46-24-26-50(55)61-46)41-17-13-37(5)14-18-41/h8-30,34-35,62-63H,1-3,31-33,59H2,4-7H3. The summed E-state index contributed by atoms with van der Waals surface area (Å²) in [5.74, 6) is 0. The highest BCUT2D eigenvalue weighted by Crippen LogP contribution is 2.41. The van der Waals surface area contributed by atoms with E-state index in [0.717, 1.165) is 125 Å². The summed E-state index contributed by atoms with van der Waals surface area (Å²) in [5.41, 5.74) is 28.5. The molecule has 4 aromatic carbocycles. The van der Waals surface area contributed by atoms with Crippen LogP contribution in [0.3, 0.4) is 0 Å². The predicted molar refractivity (Wildman–Crippen MR) is 270 cm³/mol. The lowest BCUT2D eigenvalue weighted by Crippen LogP contribution is -2.24. The van der Waals surface area contributed by atoms with Gasteiger partial charge in [-0.1, -0.05) is 102 Å². The number of aromatic amines is 2. The van der Waals surface area contributed by atoms with E-state index in [2.05, 4.69) is 191 Å². The van der Waals surface area contributed by atoms with E-state index in [0.29, 0.717) is 0 Å². The maximum absolute atomic E-state index is 6.54. The summed E-state index contributed by atoms with van der Waals surface area (Å²) in [7, 11) is 0. The van der Waals surface area contributed by atoms with Crippen molar-refractivity contribution in [3.63, 3.8) is 0 Å². The number of fused-ring (bicyclic) bond motifs is 8. The lowest BCUT2D eigenvalue weighted by Gasteiger charge is -2.32. The summed E-state index contributed by atoms with van der Waals surface area (Å²) in [6.45, 7) is 20.7. The molecule has 7 aromatic rings. The first-order valence-electron chi connectivity index (χ1n) is 21.7. The number of nitrogen functional groups attached to an aromatic ring is 1. The largest absolute Gasteiger partial charge is 0.398 e. The monoisotopic (exact) mass is 819 g/mol. The number of H-pyrrole nitrogens is 2. The summed E-state index contributed by atoms with van der Waals surface area (Å²) in [6.07, 6.45) is 17.0. The number of benzene rings is 4. The van der Waals surface area contributed by atoms with E-state index in [1.807, 2.05) is 18.2 Å². The molecule has 0 unspecified atom stereocenters. The number of allylic oxidation sites excluding steroid dienone is 3. The molecule has 0 saturated heterocycles. The molecule has 3 aromatic heterocycles. The van der Waals surface area contributed by atoms with E-state index >= 15 is 0 Å². The van der Waals surface area contributed by atoms with Crippen LogP contribution in [0.15, 0.2) is 147 Å². The number of anilines is 1. The van der Waals surface area contributed by atoms with Gasteiger partial charge in [-0.05, 0) is 147 Å². The highest BCUT2D eigenvalue weighted by atomic mass is 14.8. The van der Waals surface area contributed by atoms with E-state index < -0.39 is 0 Å². The summed E-state index contributed by atoms with van der Waals surface area (Å²) in [6, 6.07) is 39.4. The van der Waals surface area contributed by atoms with Gasteiger partial charge in [0.2, 0.25) is 0 Å². The third-order valence-corrected chi connectivity index (χ3v) is 12.7. The second kappa shape index (κ2) is 16.8. The van der Waals surface area contributed by atoms with Crippen LogP contribution in [0.4, 0.5) is 5.69 Å². The van der Waals surface area contributed by atoms with Gasteiger partial charge in [0.05, 0.1) is 22.8 Å². The van der Waals surface area contributed by atoms with Gasteiger partial charge in [0.1, 0.15) is 0 Å². The van der Waals surface area contributed by atoms with Gasteiger partial charge in [0.25, 0.3) is 0 Å². The Hall–Kier alpha value is -7.50. The molecule has 63 heavy (non-hydrogen) atoms. The lowest BCUT2D eigenvalue weighted by atomic mass is 9.72. The van der Waals surface area contributed by atoms with Crippen LogP contribution in [-0.4, -0.2) is 19.9 Å². The fourth-order valence-electron chi connectivity index (χ4n) is 9.40. The molecule has 0 radical (unpaired) electrons. The number of aryl methyl sites for hydroxylation is 4. The Labute approximate surface area is 370 Å². The van der Waals surface area contributed by atoms with Gasteiger partial charge in [-0.3, -0.25) is 0 Å². The van der Waals surface area contributed by atoms with Crippen molar-refractivity contribution >= 4 is 52.1 Å². The normalized spacial score (nSPS) is 12.1. The number of aromatic nitrogens is 4. The molecular weight excluding hydrogens is 767 g/mol. The molecule has 9 rings (SSSR count). The zero-order chi connectivity index (χ0) is 43.8. The number of nitrogens with one attached hydrogen (secondary N) is 2. The van der Waals surface area contributed by atoms with E-state index in [-0.39, 0.29) is 5.41 Å². The fourth-order valence-corrected chi connectivity index (χ4v) is 9.40. The summed E-state index contributed by atoms with van der Waals surface area (Å²) in [5, 5.41) is 0. The molecule has 0 saturated carbocycles. The number of nitrogens with two attached hydrogens (primary N) is 1. The summed E-state index contributed by atoms with van der Waals surface area (Å²) in [4.78, 5) is 18.8. The first kappa shape index (κ1) is 40.9. The van der Waals surface area contributed by atoms with E-state index in [9.17, 15) is 0 Å². The zero-order valence-corrected chi connectivity index (χ0v) is 36.6. The Bertz CT molecular complexity index is 2970. The SMILES string of the molecule is C=CCC(CC=C)(CC=C)c1ccc(-c2c3nc(c(-c4ccc(C)cc4)c4ccc([nH]4)c(-c4cc(C)c(N)c(C)c4)c4ccc([nH]4)c(-c4ccc(C)cc4)c4nc2C=C4)C=C3)cc1.